The van der Waals surface area contributed by atoms with E-state index in [1.54, 1.807) is 0 Å². The fourth-order valence-corrected chi connectivity index (χ4v) is 4.50. The van der Waals surface area contributed by atoms with Crippen LogP contribution in [0.15, 0.2) is 12.3 Å². The summed E-state index contributed by atoms with van der Waals surface area (Å²) in [5.74, 6) is 0.854. The molecule has 1 aromatic rings. The minimum absolute atomic E-state index is 0.668. The SMILES string of the molecule is CCNC(CCc1ccnn1C)C1CC2CCC(C1)N2C. The van der Waals surface area contributed by atoms with Crippen LogP contribution < -0.4 is 5.32 Å². The second-order valence-electron chi connectivity index (χ2n) is 6.93. The second kappa shape index (κ2) is 6.49. The van der Waals surface area contributed by atoms with Gasteiger partial charge < -0.3 is 10.2 Å². The van der Waals surface area contributed by atoms with E-state index in [0.29, 0.717) is 6.04 Å². The molecule has 3 heterocycles. The van der Waals surface area contributed by atoms with Gasteiger partial charge in [0, 0.05) is 37.1 Å². The van der Waals surface area contributed by atoms with E-state index in [9.17, 15) is 0 Å². The van der Waals surface area contributed by atoms with Gasteiger partial charge in [-0.1, -0.05) is 6.92 Å². The minimum Gasteiger partial charge on any atom is -0.314 e. The van der Waals surface area contributed by atoms with Crippen LogP contribution in [0.25, 0.3) is 0 Å². The molecule has 2 bridgehead atoms. The first-order valence-corrected chi connectivity index (χ1v) is 8.61. The lowest BCUT2D eigenvalue weighted by Crippen LogP contribution is -2.47. The predicted molar refractivity (Wildman–Crippen MR) is 86.3 cm³/mol. The monoisotopic (exact) mass is 290 g/mol. The summed E-state index contributed by atoms with van der Waals surface area (Å²) in [6, 6.07) is 4.50. The van der Waals surface area contributed by atoms with E-state index in [-0.39, 0.29) is 0 Å². The van der Waals surface area contributed by atoms with Crippen molar-refractivity contribution in [3.63, 3.8) is 0 Å². The van der Waals surface area contributed by atoms with Gasteiger partial charge in [-0.05, 0) is 64.1 Å². The van der Waals surface area contributed by atoms with Gasteiger partial charge in [-0.25, -0.2) is 0 Å². The molecule has 0 saturated carbocycles. The largest absolute Gasteiger partial charge is 0.314 e. The number of hydrogen-bond acceptors (Lipinski definition) is 3. The molecule has 0 amide bonds. The summed E-state index contributed by atoms with van der Waals surface area (Å²) < 4.78 is 2.02. The highest BCUT2D eigenvalue weighted by molar-refractivity contribution is 5.02. The highest BCUT2D eigenvalue weighted by Crippen LogP contribution is 2.39. The molecule has 21 heavy (non-hydrogen) atoms. The van der Waals surface area contributed by atoms with Crippen molar-refractivity contribution in [3.05, 3.63) is 18.0 Å². The Morgan fingerprint density at radius 2 is 2.00 bits per heavy atom. The Bertz CT molecular complexity index is 441. The van der Waals surface area contributed by atoms with Gasteiger partial charge in [-0.15, -0.1) is 0 Å². The van der Waals surface area contributed by atoms with Crippen LogP contribution in [-0.4, -0.2) is 46.4 Å². The van der Waals surface area contributed by atoms with Crippen molar-refractivity contribution in [2.75, 3.05) is 13.6 Å². The van der Waals surface area contributed by atoms with Gasteiger partial charge in [0.2, 0.25) is 0 Å². The number of piperidine rings is 1. The zero-order valence-electron chi connectivity index (χ0n) is 13.8. The van der Waals surface area contributed by atoms with Gasteiger partial charge in [0.1, 0.15) is 0 Å². The zero-order chi connectivity index (χ0) is 14.8. The van der Waals surface area contributed by atoms with E-state index in [4.69, 9.17) is 0 Å². The molecule has 0 radical (unpaired) electrons. The van der Waals surface area contributed by atoms with Crippen LogP contribution in [0.1, 0.15) is 44.7 Å². The van der Waals surface area contributed by atoms with Gasteiger partial charge in [0.25, 0.3) is 0 Å². The van der Waals surface area contributed by atoms with Crippen LogP contribution in [-0.2, 0) is 13.5 Å². The average molecular weight is 290 g/mol. The molecule has 118 valence electrons. The fraction of sp³-hybridized carbons (Fsp3) is 0.824. The molecule has 4 heteroatoms. The quantitative estimate of drug-likeness (QED) is 0.872. The van der Waals surface area contributed by atoms with Crippen molar-refractivity contribution in [2.45, 2.75) is 63.6 Å². The highest BCUT2D eigenvalue weighted by Gasteiger charge is 2.40. The number of nitrogens with one attached hydrogen (secondary N) is 1. The summed E-state index contributed by atoms with van der Waals surface area (Å²) in [6.45, 7) is 3.32. The first-order chi connectivity index (χ1) is 10.2. The van der Waals surface area contributed by atoms with E-state index in [0.717, 1.165) is 31.0 Å². The molecular weight excluding hydrogens is 260 g/mol. The molecule has 0 aromatic carbocycles. The molecule has 2 aliphatic heterocycles. The van der Waals surface area contributed by atoms with Crippen LogP contribution >= 0.6 is 0 Å². The molecule has 3 unspecified atom stereocenters. The predicted octanol–water partition coefficient (Wildman–Crippen LogP) is 2.20. The van der Waals surface area contributed by atoms with Crippen molar-refractivity contribution < 1.29 is 0 Å². The Balaban J connectivity index is 1.60. The summed E-state index contributed by atoms with van der Waals surface area (Å²) >= 11 is 0. The van der Waals surface area contributed by atoms with Crippen molar-refractivity contribution in [1.82, 2.24) is 20.0 Å². The van der Waals surface area contributed by atoms with E-state index in [1.165, 1.54) is 37.8 Å². The van der Waals surface area contributed by atoms with E-state index in [2.05, 4.69) is 35.4 Å². The number of fused-ring (bicyclic) bond motifs is 2. The molecule has 3 rings (SSSR count). The Labute approximate surface area is 128 Å². The Morgan fingerprint density at radius 1 is 1.29 bits per heavy atom. The third-order valence-corrected chi connectivity index (χ3v) is 5.80. The van der Waals surface area contributed by atoms with Gasteiger partial charge in [-0.3, -0.25) is 4.68 Å². The lowest BCUT2D eigenvalue weighted by molar-refractivity contribution is 0.110. The second-order valence-corrected chi connectivity index (χ2v) is 6.93. The maximum atomic E-state index is 4.29. The standard InChI is InChI=1S/C17H30N4/c1-4-18-17(8-7-14-9-10-19-21(14)3)13-11-15-5-6-16(12-13)20(15)2/h9-10,13,15-18H,4-8,11-12H2,1-3H3. The number of aryl methyl sites for hydroxylation is 2. The van der Waals surface area contributed by atoms with Crippen molar-refractivity contribution >= 4 is 0 Å². The Morgan fingerprint density at radius 3 is 2.57 bits per heavy atom. The Kier molecular flexibility index (Phi) is 4.65. The number of aromatic nitrogens is 2. The molecule has 3 atom stereocenters. The van der Waals surface area contributed by atoms with Crippen molar-refractivity contribution in [3.8, 4) is 0 Å². The molecule has 1 aromatic heterocycles. The molecular formula is C17H30N4. The van der Waals surface area contributed by atoms with Crippen LogP contribution in [0.2, 0.25) is 0 Å². The van der Waals surface area contributed by atoms with Crippen LogP contribution in [0.5, 0.6) is 0 Å². The lowest BCUT2D eigenvalue weighted by atomic mass is 9.83. The minimum atomic E-state index is 0.668. The molecule has 0 spiro atoms. The summed E-state index contributed by atoms with van der Waals surface area (Å²) in [7, 11) is 4.38. The molecule has 0 aliphatic carbocycles. The summed E-state index contributed by atoms with van der Waals surface area (Å²) in [6.07, 6.45) is 9.88. The molecule has 1 N–H and O–H groups in total. The summed E-state index contributed by atoms with van der Waals surface area (Å²) in [5.41, 5.74) is 1.36. The normalized spacial score (nSPS) is 30.7. The van der Waals surface area contributed by atoms with E-state index in [1.807, 2.05) is 17.9 Å². The maximum absolute atomic E-state index is 4.29. The lowest BCUT2D eigenvalue weighted by Gasteiger charge is -2.40. The van der Waals surface area contributed by atoms with Gasteiger partial charge in [0.05, 0.1) is 0 Å². The van der Waals surface area contributed by atoms with Crippen LogP contribution in [0, 0.1) is 5.92 Å². The average Bonchev–Trinajstić information content (AvgIpc) is 2.94. The number of hydrogen-bond donors (Lipinski definition) is 1. The van der Waals surface area contributed by atoms with E-state index >= 15 is 0 Å². The summed E-state index contributed by atoms with van der Waals surface area (Å²) in [5, 5.41) is 8.06. The summed E-state index contributed by atoms with van der Waals surface area (Å²) in [4.78, 5) is 2.64. The molecule has 2 saturated heterocycles. The van der Waals surface area contributed by atoms with Gasteiger partial charge in [-0.2, -0.15) is 5.10 Å². The molecule has 2 aliphatic rings. The van der Waals surface area contributed by atoms with Crippen LogP contribution in [0.3, 0.4) is 0 Å². The number of rotatable bonds is 6. The first kappa shape index (κ1) is 15.0. The smallest absolute Gasteiger partial charge is 0.0492 e. The first-order valence-electron chi connectivity index (χ1n) is 8.61. The van der Waals surface area contributed by atoms with Crippen molar-refractivity contribution in [1.29, 1.82) is 0 Å². The van der Waals surface area contributed by atoms with Crippen LogP contribution in [0.4, 0.5) is 0 Å². The molecule has 4 nitrogen and oxygen atoms in total. The third kappa shape index (κ3) is 3.16. The Hall–Kier alpha value is -0.870. The van der Waals surface area contributed by atoms with Gasteiger partial charge >= 0.3 is 0 Å². The molecule has 2 fully saturated rings. The van der Waals surface area contributed by atoms with E-state index < -0.39 is 0 Å². The fourth-order valence-electron chi connectivity index (χ4n) is 4.50. The maximum Gasteiger partial charge on any atom is 0.0492 e. The topological polar surface area (TPSA) is 33.1 Å². The van der Waals surface area contributed by atoms with Crippen molar-refractivity contribution in [2.24, 2.45) is 13.0 Å². The number of nitrogens with zero attached hydrogens (tertiary/aromatic N) is 3. The zero-order valence-corrected chi connectivity index (χ0v) is 13.8. The van der Waals surface area contributed by atoms with Gasteiger partial charge in [0.15, 0.2) is 0 Å². The highest BCUT2D eigenvalue weighted by atomic mass is 15.3. The third-order valence-electron chi connectivity index (χ3n) is 5.80.